The number of amides is 1. The van der Waals surface area contributed by atoms with Gasteiger partial charge in [0.1, 0.15) is 5.75 Å². The SMILES string of the molecule is CCOc1ccc(C(=O)NC(C)COC)cc1CSc1ccc(Cl)cc1. The van der Waals surface area contributed by atoms with Crippen LogP contribution in [0.4, 0.5) is 0 Å². The second-order valence-electron chi connectivity index (χ2n) is 5.83. The molecule has 140 valence electrons. The number of thioether (sulfide) groups is 1. The molecule has 0 aliphatic carbocycles. The summed E-state index contributed by atoms with van der Waals surface area (Å²) in [5, 5.41) is 3.65. The first kappa shape index (κ1) is 20.6. The first-order valence-corrected chi connectivity index (χ1v) is 9.83. The average molecular weight is 394 g/mol. The lowest BCUT2D eigenvalue weighted by atomic mass is 10.1. The van der Waals surface area contributed by atoms with Crippen LogP contribution in [-0.2, 0) is 10.5 Å². The highest BCUT2D eigenvalue weighted by Gasteiger charge is 2.13. The number of nitrogens with one attached hydrogen (secondary N) is 1. The zero-order valence-electron chi connectivity index (χ0n) is 15.3. The van der Waals surface area contributed by atoms with Crippen LogP contribution in [0.5, 0.6) is 5.75 Å². The zero-order chi connectivity index (χ0) is 18.9. The van der Waals surface area contributed by atoms with Crippen molar-refractivity contribution in [3.63, 3.8) is 0 Å². The summed E-state index contributed by atoms with van der Waals surface area (Å²) in [6, 6.07) is 13.2. The molecule has 26 heavy (non-hydrogen) atoms. The predicted molar refractivity (Wildman–Crippen MR) is 107 cm³/mol. The number of halogens is 1. The van der Waals surface area contributed by atoms with Gasteiger partial charge in [0.05, 0.1) is 13.2 Å². The van der Waals surface area contributed by atoms with Crippen molar-refractivity contribution < 1.29 is 14.3 Å². The summed E-state index contributed by atoms with van der Waals surface area (Å²) >= 11 is 7.61. The van der Waals surface area contributed by atoms with Gasteiger partial charge < -0.3 is 14.8 Å². The van der Waals surface area contributed by atoms with Crippen LogP contribution in [-0.4, -0.2) is 32.3 Å². The van der Waals surface area contributed by atoms with E-state index in [-0.39, 0.29) is 11.9 Å². The van der Waals surface area contributed by atoms with Crippen molar-refractivity contribution in [1.29, 1.82) is 0 Å². The second-order valence-corrected chi connectivity index (χ2v) is 7.31. The highest BCUT2D eigenvalue weighted by Crippen LogP contribution is 2.29. The van der Waals surface area contributed by atoms with Crippen molar-refractivity contribution >= 4 is 29.3 Å². The van der Waals surface area contributed by atoms with Crippen LogP contribution in [0.15, 0.2) is 47.4 Å². The van der Waals surface area contributed by atoms with Gasteiger partial charge >= 0.3 is 0 Å². The number of benzene rings is 2. The molecule has 0 aromatic heterocycles. The van der Waals surface area contributed by atoms with Gasteiger partial charge in [-0.1, -0.05) is 11.6 Å². The van der Waals surface area contributed by atoms with Crippen LogP contribution in [0, 0.1) is 0 Å². The number of carbonyl (C=O) groups excluding carboxylic acids is 1. The third kappa shape index (κ3) is 6.24. The summed E-state index contributed by atoms with van der Waals surface area (Å²) in [6.45, 7) is 4.91. The van der Waals surface area contributed by atoms with Gasteiger partial charge in [0, 0.05) is 39.9 Å². The fraction of sp³-hybridized carbons (Fsp3) is 0.350. The smallest absolute Gasteiger partial charge is 0.251 e. The fourth-order valence-corrected chi connectivity index (χ4v) is 3.42. The van der Waals surface area contributed by atoms with Gasteiger partial charge in [-0.25, -0.2) is 0 Å². The van der Waals surface area contributed by atoms with E-state index < -0.39 is 0 Å². The molecule has 0 bridgehead atoms. The first-order chi connectivity index (χ1) is 12.5. The molecular formula is C20H24ClNO3S. The molecule has 2 aromatic rings. The van der Waals surface area contributed by atoms with Gasteiger partial charge in [0.2, 0.25) is 0 Å². The topological polar surface area (TPSA) is 47.6 Å². The van der Waals surface area contributed by atoms with Gasteiger partial charge in [0.25, 0.3) is 5.91 Å². The van der Waals surface area contributed by atoms with Crippen molar-refractivity contribution in [2.75, 3.05) is 20.3 Å². The van der Waals surface area contributed by atoms with Crippen LogP contribution in [0.3, 0.4) is 0 Å². The number of methoxy groups -OCH3 is 1. The molecule has 1 amide bonds. The van der Waals surface area contributed by atoms with Gasteiger partial charge in [-0.15, -0.1) is 11.8 Å². The van der Waals surface area contributed by atoms with Gasteiger partial charge in [-0.2, -0.15) is 0 Å². The number of hydrogen-bond acceptors (Lipinski definition) is 4. The number of rotatable bonds is 9. The van der Waals surface area contributed by atoms with E-state index in [1.165, 1.54) is 0 Å². The third-order valence-corrected chi connectivity index (χ3v) is 4.94. The van der Waals surface area contributed by atoms with Gasteiger partial charge in [0.15, 0.2) is 0 Å². The van der Waals surface area contributed by atoms with E-state index >= 15 is 0 Å². The summed E-state index contributed by atoms with van der Waals surface area (Å²) in [5.41, 5.74) is 1.60. The predicted octanol–water partition coefficient (Wildman–Crippen LogP) is 4.80. The molecule has 1 atom stereocenters. The summed E-state index contributed by atoms with van der Waals surface area (Å²) in [6.07, 6.45) is 0. The maximum Gasteiger partial charge on any atom is 0.251 e. The van der Waals surface area contributed by atoms with Crippen LogP contribution >= 0.6 is 23.4 Å². The number of carbonyl (C=O) groups is 1. The van der Waals surface area contributed by atoms with Crippen molar-refractivity contribution in [2.45, 2.75) is 30.5 Å². The summed E-state index contributed by atoms with van der Waals surface area (Å²) in [4.78, 5) is 13.5. The minimum atomic E-state index is -0.115. The normalized spacial score (nSPS) is 11.8. The molecule has 1 unspecified atom stereocenters. The van der Waals surface area contributed by atoms with Crippen molar-refractivity contribution in [2.24, 2.45) is 0 Å². The van der Waals surface area contributed by atoms with Crippen LogP contribution in [0.25, 0.3) is 0 Å². The molecule has 2 rings (SSSR count). The average Bonchev–Trinajstić information content (AvgIpc) is 2.62. The Labute approximate surface area is 164 Å². The molecule has 0 radical (unpaired) electrons. The van der Waals surface area contributed by atoms with Crippen LogP contribution < -0.4 is 10.1 Å². The minimum absolute atomic E-state index is 0.0500. The molecule has 6 heteroatoms. The fourth-order valence-electron chi connectivity index (χ4n) is 2.42. The second kappa shape index (κ2) is 10.5. The van der Waals surface area contributed by atoms with Crippen molar-refractivity contribution in [3.05, 3.63) is 58.6 Å². The quantitative estimate of drug-likeness (QED) is 0.622. The molecule has 0 fully saturated rings. The number of hydrogen-bond donors (Lipinski definition) is 1. The van der Waals surface area contributed by atoms with Crippen LogP contribution in [0.2, 0.25) is 5.02 Å². The lowest BCUT2D eigenvalue weighted by Gasteiger charge is -2.15. The summed E-state index contributed by atoms with van der Waals surface area (Å²) < 4.78 is 10.8. The molecule has 0 aliphatic heterocycles. The van der Waals surface area contributed by atoms with Crippen molar-refractivity contribution in [1.82, 2.24) is 5.32 Å². The Morgan fingerprint density at radius 3 is 2.62 bits per heavy atom. The van der Waals surface area contributed by atoms with E-state index in [0.717, 1.165) is 16.2 Å². The lowest BCUT2D eigenvalue weighted by Crippen LogP contribution is -2.35. The molecular weight excluding hydrogens is 370 g/mol. The van der Waals surface area contributed by atoms with E-state index in [1.807, 2.05) is 50.2 Å². The summed E-state index contributed by atoms with van der Waals surface area (Å²) in [7, 11) is 1.62. The third-order valence-electron chi connectivity index (χ3n) is 3.62. The lowest BCUT2D eigenvalue weighted by molar-refractivity contribution is 0.0905. The largest absolute Gasteiger partial charge is 0.494 e. The zero-order valence-corrected chi connectivity index (χ0v) is 16.8. The van der Waals surface area contributed by atoms with E-state index in [4.69, 9.17) is 21.1 Å². The molecule has 0 spiro atoms. The molecule has 0 aliphatic rings. The van der Waals surface area contributed by atoms with E-state index in [0.29, 0.717) is 29.6 Å². The molecule has 0 heterocycles. The Kier molecular flexibility index (Phi) is 8.29. The minimum Gasteiger partial charge on any atom is -0.494 e. The molecule has 0 saturated carbocycles. The summed E-state index contributed by atoms with van der Waals surface area (Å²) in [5.74, 6) is 1.39. The molecule has 4 nitrogen and oxygen atoms in total. The highest BCUT2D eigenvalue weighted by atomic mass is 35.5. The molecule has 2 aromatic carbocycles. The van der Waals surface area contributed by atoms with E-state index in [2.05, 4.69) is 5.32 Å². The molecule has 1 N–H and O–H groups in total. The van der Waals surface area contributed by atoms with Gasteiger partial charge in [-0.05, 0) is 56.3 Å². The van der Waals surface area contributed by atoms with E-state index in [9.17, 15) is 4.79 Å². The Morgan fingerprint density at radius 1 is 1.23 bits per heavy atom. The Morgan fingerprint density at radius 2 is 1.96 bits per heavy atom. The standard InChI is InChI=1S/C20H24ClNO3S/c1-4-25-19-10-5-15(20(23)22-14(2)12-24-3)11-16(19)13-26-18-8-6-17(21)7-9-18/h5-11,14H,4,12-13H2,1-3H3,(H,22,23). The monoisotopic (exact) mass is 393 g/mol. The molecule has 0 saturated heterocycles. The first-order valence-electron chi connectivity index (χ1n) is 8.47. The van der Waals surface area contributed by atoms with Gasteiger partial charge in [-0.3, -0.25) is 4.79 Å². The Balaban J connectivity index is 2.13. The highest BCUT2D eigenvalue weighted by molar-refractivity contribution is 7.98. The maximum atomic E-state index is 12.4. The number of ether oxygens (including phenoxy) is 2. The maximum absolute atomic E-state index is 12.4. The Hall–Kier alpha value is -1.69. The van der Waals surface area contributed by atoms with Crippen molar-refractivity contribution in [3.8, 4) is 5.75 Å². The van der Waals surface area contributed by atoms with E-state index in [1.54, 1.807) is 24.9 Å². The Bertz CT molecular complexity index is 721. The van der Waals surface area contributed by atoms with Crippen LogP contribution in [0.1, 0.15) is 29.8 Å².